The van der Waals surface area contributed by atoms with Gasteiger partial charge in [0.05, 0.1) is 19.5 Å². The summed E-state index contributed by atoms with van der Waals surface area (Å²) in [5.41, 5.74) is 0.0237. The van der Waals surface area contributed by atoms with Crippen molar-refractivity contribution in [3.05, 3.63) is 0 Å². The first-order chi connectivity index (χ1) is 10.9. The predicted molar refractivity (Wildman–Crippen MR) is 89.8 cm³/mol. The Balaban J connectivity index is 1.38. The minimum Gasteiger partial charge on any atom is -0.459 e. The molecule has 0 aromatic rings. The summed E-state index contributed by atoms with van der Waals surface area (Å²) in [5.74, 6) is 3.36. The third kappa shape index (κ3) is 3.18. The van der Waals surface area contributed by atoms with Gasteiger partial charge in [-0.2, -0.15) is 0 Å². The third-order valence-corrected chi connectivity index (χ3v) is 7.48. The van der Waals surface area contributed by atoms with Crippen LogP contribution in [0.3, 0.4) is 0 Å². The second-order valence-electron chi connectivity index (χ2n) is 9.81. The van der Waals surface area contributed by atoms with E-state index in [0.717, 1.165) is 17.8 Å². The largest absolute Gasteiger partial charge is 0.459 e. The Morgan fingerprint density at radius 3 is 2.09 bits per heavy atom. The van der Waals surface area contributed by atoms with Crippen molar-refractivity contribution in [3.63, 3.8) is 0 Å². The van der Waals surface area contributed by atoms with Gasteiger partial charge in [-0.3, -0.25) is 4.79 Å². The van der Waals surface area contributed by atoms with Crippen LogP contribution in [0.1, 0.15) is 71.6 Å². The highest BCUT2D eigenvalue weighted by molar-refractivity contribution is 5.71. The van der Waals surface area contributed by atoms with Crippen LogP contribution in [0.25, 0.3) is 0 Å². The molecule has 3 nitrogen and oxygen atoms in total. The Bertz CT molecular complexity index is 429. The molecule has 0 aromatic carbocycles. The zero-order valence-electron chi connectivity index (χ0n) is 15.0. The summed E-state index contributed by atoms with van der Waals surface area (Å²) in [7, 11) is 0. The number of piperidine rings is 1. The van der Waals surface area contributed by atoms with E-state index >= 15 is 0 Å². The lowest BCUT2D eigenvalue weighted by Crippen LogP contribution is -2.86. The van der Waals surface area contributed by atoms with Crippen LogP contribution in [0.15, 0.2) is 0 Å². The van der Waals surface area contributed by atoms with Crippen molar-refractivity contribution < 1.29 is 14.8 Å². The molecule has 0 radical (unpaired) electrons. The Kier molecular flexibility index (Phi) is 3.98. The average Bonchev–Trinajstić information content (AvgIpc) is 2.45. The van der Waals surface area contributed by atoms with Crippen LogP contribution in [-0.2, 0) is 9.53 Å². The van der Waals surface area contributed by atoms with Crippen molar-refractivity contribution in [2.24, 2.45) is 29.1 Å². The lowest BCUT2D eigenvalue weighted by atomic mass is 9.49. The molecule has 130 valence electrons. The van der Waals surface area contributed by atoms with Gasteiger partial charge in [0.15, 0.2) is 0 Å². The molecule has 2 N–H and O–H groups in total. The van der Waals surface area contributed by atoms with Crippen molar-refractivity contribution in [3.8, 4) is 0 Å². The third-order valence-electron chi connectivity index (χ3n) is 7.48. The van der Waals surface area contributed by atoms with Crippen molar-refractivity contribution in [2.45, 2.75) is 77.2 Å². The summed E-state index contributed by atoms with van der Waals surface area (Å²) in [6, 6.07) is 0. The Morgan fingerprint density at radius 1 is 1.04 bits per heavy atom. The molecule has 0 atom stereocenters. The average molecular weight is 320 g/mol. The van der Waals surface area contributed by atoms with E-state index in [4.69, 9.17) is 4.74 Å². The second kappa shape index (κ2) is 5.75. The van der Waals surface area contributed by atoms with Crippen LogP contribution in [-0.4, -0.2) is 24.7 Å². The van der Waals surface area contributed by atoms with Gasteiger partial charge in [0, 0.05) is 18.8 Å². The molecule has 5 fully saturated rings. The van der Waals surface area contributed by atoms with E-state index in [9.17, 15) is 4.79 Å². The summed E-state index contributed by atoms with van der Waals surface area (Å²) in [6.45, 7) is 6.64. The molecule has 4 bridgehead atoms. The van der Waals surface area contributed by atoms with E-state index in [1.807, 2.05) is 0 Å². The van der Waals surface area contributed by atoms with Gasteiger partial charge >= 0.3 is 5.97 Å². The minimum atomic E-state index is -0.284. The number of carbonyl (C=O) groups excluding carboxylic acids is 1. The van der Waals surface area contributed by atoms with Crippen LogP contribution >= 0.6 is 0 Å². The van der Waals surface area contributed by atoms with Crippen molar-refractivity contribution in [1.29, 1.82) is 0 Å². The Hall–Kier alpha value is -0.570. The van der Waals surface area contributed by atoms with Crippen LogP contribution in [0.5, 0.6) is 0 Å². The van der Waals surface area contributed by atoms with Gasteiger partial charge in [-0.25, -0.2) is 0 Å². The Labute approximate surface area is 140 Å². The molecule has 5 aliphatic rings. The van der Waals surface area contributed by atoms with Crippen LogP contribution in [0.2, 0.25) is 0 Å². The van der Waals surface area contributed by atoms with E-state index in [0.29, 0.717) is 17.8 Å². The lowest BCUT2D eigenvalue weighted by Gasteiger charge is -2.56. The van der Waals surface area contributed by atoms with E-state index in [1.54, 1.807) is 0 Å². The number of ether oxygens (including phenoxy) is 1. The fourth-order valence-corrected chi connectivity index (χ4v) is 6.85. The number of quaternary nitrogens is 1. The molecular weight excluding hydrogens is 286 g/mol. The van der Waals surface area contributed by atoms with Gasteiger partial charge in [-0.1, -0.05) is 0 Å². The molecule has 5 rings (SSSR count). The summed E-state index contributed by atoms with van der Waals surface area (Å²) >= 11 is 0. The fourth-order valence-electron chi connectivity index (χ4n) is 6.85. The van der Waals surface area contributed by atoms with Crippen molar-refractivity contribution in [2.75, 3.05) is 13.1 Å². The molecular formula is C20H34NO2+. The Morgan fingerprint density at radius 2 is 1.57 bits per heavy atom. The standard InChI is InChI=1S/C20H33NO2/c1-19(2,17-3-5-21-6-4-17)23-18(22)13-20-10-14-7-15(11-20)9-16(8-14)12-20/h14-17,21H,3-13H2,1-2H3/p+1. The maximum absolute atomic E-state index is 12.8. The molecule has 4 aliphatic carbocycles. The molecule has 1 heterocycles. The molecule has 0 unspecified atom stereocenters. The number of hydrogen-bond acceptors (Lipinski definition) is 2. The van der Waals surface area contributed by atoms with Gasteiger partial charge < -0.3 is 10.1 Å². The molecule has 1 aliphatic heterocycles. The monoisotopic (exact) mass is 320 g/mol. The highest BCUT2D eigenvalue weighted by atomic mass is 16.6. The number of carbonyl (C=O) groups is 1. The summed E-state index contributed by atoms with van der Waals surface area (Å²) in [6.07, 6.45) is 11.3. The molecule has 3 heteroatoms. The first kappa shape index (κ1) is 15.9. The highest BCUT2D eigenvalue weighted by Crippen LogP contribution is 2.61. The normalized spacial score (nSPS) is 40.3. The molecule has 1 saturated heterocycles. The smallest absolute Gasteiger partial charge is 0.306 e. The van der Waals surface area contributed by atoms with E-state index in [1.165, 1.54) is 64.5 Å². The molecule has 23 heavy (non-hydrogen) atoms. The molecule has 0 aromatic heterocycles. The summed E-state index contributed by atoms with van der Waals surface area (Å²) < 4.78 is 6.06. The second-order valence-corrected chi connectivity index (χ2v) is 9.81. The van der Waals surface area contributed by atoms with Gasteiger partial charge in [-0.15, -0.1) is 0 Å². The maximum atomic E-state index is 12.8. The summed E-state index contributed by atoms with van der Waals surface area (Å²) in [5, 5.41) is 2.38. The topological polar surface area (TPSA) is 42.9 Å². The molecule has 4 saturated carbocycles. The number of esters is 1. The predicted octanol–water partition coefficient (Wildman–Crippen LogP) is 2.89. The number of rotatable bonds is 4. The van der Waals surface area contributed by atoms with Crippen molar-refractivity contribution >= 4 is 5.97 Å². The van der Waals surface area contributed by atoms with Crippen LogP contribution < -0.4 is 5.32 Å². The first-order valence-electron chi connectivity index (χ1n) is 9.98. The highest BCUT2D eigenvalue weighted by Gasteiger charge is 2.52. The zero-order valence-corrected chi connectivity index (χ0v) is 15.0. The van der Waals surface area contributed by atoms with Crippen molar-refractivity contribution in [1.82, 2.24) is 0 Å². The SMILES string of the molecule is CC(C)(OC(=O)CC12CC3CC(CC(C3)C1)C2)C1CC[NH2+]CC1. The van der Waals surface area contributed by atoms with Gasteiger partial charge in [-0.05, 0) is 75.5 Å². The van der Waals surface area contributed by atoms with E-state index in [2.05, 4.69) is 19.2 Å². The van der Waals surface area contributed by atoms with E-state index < -0.39 is 0 Å². The molecule has 0 amide bonds. The van der Waals surface area contributed by atoms with Crippen LogP contribution in [0, 0.1) is 29.1 Å². The number of nitrogens with two attached hydrogens (primary N) is 1. The first-order valence-corrected chi connectivity index (χ1v) is 9.98. The summed E-state index contributed by atoms with van der Waals surface area (Å²) in [4.78, 5) is 12.8. The quantitative estimate of drug-likeness (QED) is 0.809. The van der Waals surface area contributed by atoms with Gasteiger partial charge in [0.2, 0.25) is 0 Å². The van der Waals surface area contributed by atoms with Crippen LogP contribution in [0.4, 0.5) is 0 Å². The maximum Gasteiger partial charge on any atom is 0.306 e. The van der Waals surface area contributed by atoms with Gasteiger partial charge in [0.25, 0.3) is 0 Å². The minimum absolute atomic E-state index is 0.0894. The fraction of sp³-hybridized carbons (Fsp3) is 0.950. The van der Waals surface area contributed by atoms with E-state index in [-0.39, 0.29) is 11.6 Å². The lowest BCUT2D eigenvalue weighted by molar-refractivity contribution is -0.665. The number of hydrogen-bond donors (Lipinski definition) is 1. The zero-order chi connectivity index (χ0) is 16.1. The van der Waals surface area contributed by atoms with Gasteiger partial charge in [0.1, 0.15) is 5.60 Å². The molecule has 0 spiro atoms.